The molecule has 4 nitrogen and oxygen atoms in total. The largest absolute Gasteiger partial charge is 0.339 e. The van der Waals surface area contributed by atoms with Crippen molar-refractivity contribution in [3.63, 3.8) is 0 Å². The van der Waals surface area contributed by atoms with E-state index >= 15 is 0 Å². The Hall–Kier alpha value is -0.610. The summed E-state index contributed by atoms with van der Waals surface area (Å²) in [6, 6.07) is -0.224. The van der Waals surface area contributed by atoms with Gasteiger partial charge in [0.05, 0.1) is 6.04 Å². The highest BCUT2D eigenvalue weighted by Crippen LogP contribution is 2.32. The van der Waals surface area contributed by atoms with Gasteiger partial charge in [-0.15, -0.1) is 0 Å². The topological polar surface area (TPSA) is 58.4 Å². The predicted molar refractivity (Wildman–Crippen MR) is 50.1 cm³/mol. The van der Waals surface area contributed by atoms with E-state index in [4.69, 9.17) is 5.73 Å². The molecule has 0 aromatic rings. The van der Waals surface area contributed by atoms with E-state index in [1.165, 1.54) is 0 Å². The summed E-state index contributed by atoms with van der Waals surface area (Å²) < 4.78 is 0. The molecular weight excluding hydrogens is 166 g/mol. The maximum atomic E-state index is 11.8. The molecule has 0 aromatic heterocycles. The van der Waals surface area contributed by atoms with E-state index in [9.17, 15) is 4.79 Å². The van der Waals surface area contributed by atoms with Crippen LogP contribution in [0.1, 0.15) is 12.8 Å². The lowest BCUT2D eigenvalue weighted by Crippen LogP contribution is -2.52. The molecule has 1 amide bonds. The molecule has 0 bridgehead atoms. The van der Waals surface area contributed by atoms with E-state index in [0.717, 1.165) is 39.0 Å². The fourth-order valence-corrected chi connectivity index (χ4v) is 1.75. The van der Waals surface area contributed by atoms with Gasteiger partial charge in [0.15, 0.2) is 0 Å². The summed E-state index contributed by atoms with van der Waals surface area (Å²) in [5.74, 6) is 0.631. The summed E-state index contributed by atoms with van der Waals surface area (Å²) in [5, 5.41) is 3.22. The van der Waals surface area contributed by atoms with Crippen molar-refractivity contribution in [3.05, 3.63) is 0 Å². The Labute approximate surface area is 78.5 Å². The zero-order valence-electron chi connectivity index (χ0n) is 7.83. The quantitative estimate of drug-likeness (QED) is 0.586. The number of carbonyl (C=O) groups excluding carboxylic acids is 1. The lowest BCUT2D eigenvalue weighted by molar-refractivity contribution is -0.133. The molecule has 1 aliphatic heterocycles. The van der Waals surface area contributed by atoms with Gasteiger partial charge < -0.3 is 16.0 Å². The maximum Gasteiger partial charge on any atom is 0.239 e. The third kappa shape index (κ3) is 2.00. The number of rotatable bonds is 2. The number of nitrogens with one attached hydrogen (secondary N) is 1. The summed E-state index contributed by atoms with van der Waals surface area (Å²) in [6.45, 7) is 3.45. The van der Waals surface area contributed by atoms with E-state index in [-0.39, 0.29) is 11.9 Å². The molecule has 3 N–H and O–H groups in total. The molecule has 13 heavy (non-hydrogen) atoms. The number of hydrogen-bond acceptors (Lipinski definition) is 3. The Balaban J connectivity index is 1.86. The van der Waals surface area contributed by atoms with Gasteiger partial charge in [0.25, 0.3) is 0 Å². The Morgan fingerprint density at radius 2 is 2.00 bits per heavy atom. The van der Waals surface area contributed by atoms with E-state index in [1.807, 2.05) is 4.90 Å². The van der Waals surface area contributed by atoms with Gasteiger partial charge in [0.2, 0.25) is 5.91 Å². The number of carbonyl (C=O) groups is 1. The number of nitrogens with two attached hydrogens (primary N) is 1. The van der Waals surface area contributed by atoms with Gasteiger partial charge in [0, 0.05) is 26.2 Å². The van der Waals surface area contributed by atoms with Crippen LogP contribution in [0.3, 0.4) is 0 Å². The molecule has 1 aliphatic carbocycles. The van der Waals surface area contributed by atoms with Crippen LogP contribution in [0, 0.1) is 5.92 Å². The van der Waals surface area contributed by atoms with E-state index in [1.54, 1.807) is 0 Å². The van der Waals surface area contributed by atoms with Crippen LogP contribution in [-0.4, -0.2) is 43.0 Å². The molecular formula is C9H17N3O. The summed E-state index contributed by atoms with van der Waals surface area (Å²) >= 11 is 0. The van der Waals surface area contributed by atoms with Gasteiger partial charge in [-0.25, -0.2) is 0 Å². The maximum absolute atomic E-state index is 11.8. The highest BCUT2D eigenvalue weighted by atomic mass is 16.2. The molecule has 74 valence electrons. The van der Waals surface area contributed by atoms with Gasteiger partial charge in [-0.3, -0.25) is 4.79 Å². The van der Waals surface area contributed by atoms with E-state index in [0.29, 0.717) is 5.92 Å². The van der Waals surface area contributed by atoms with Crippen molar-refractivity contribution in [1.29, 1.82) is 0 Å². The van der Waals surface area contributed by atoms with Crippen molar-refractivity contribution >= 4 is 5.91 Å². The van der Waals surface area contributed by atoms with Crippen LogP contribution >= 0.6 is 0 Å². The fraction of sp³-hybridized carbons (Fsp3) is 0.889. The summed E-state index contributed by atoms with van der Waals surface area (Å²) in [4.78, 5) is 13.6. The molecule has 0 unspecified atom stereocenters. The number of nitrogens with zero attached hydrogens (tertiary/aromatic N) is 1. The first kappa shape index (κ1) is 8.97. The van der Waals surface area contributed by atoms with Crippen LogP contribution in [0.2, 0.25) is 0 Å². The van der Waals surface area contributed by atoms with Crippen molar-refractivity contribution < 1.29 is 4.79 Å². The minimum absolute atomic E-state index is 0.156. The minimum atomic E-state index is -0.224. The lowest BCUT2D eigenvalue weighted by Gasteiger charge is -2.29. The molecule has 2 aliphatic rings. The molecule has 0 spiro atoms. The van der Waals surface area contributed by atoms with Crippen LogP contribution in [0.5, 0.6) is 0 Å². The van der Waals surface area contributed by atoms with E-state index in [2.05, 4.69) is 5.32 Å². The molecule has 0 radical (unpaired) electrons. The van der Waals surface area contributed by atoms with Gasteiger partial charge in [-0.05, 0) is 18.8 Å². The minimum Gasteiger partial charge on any atom is -0.339 e. The first-order chi connectivity index (χ1) is 6.29. The average molecular weight is 183 g/mol. The lowest BCUT2D eigenvalue weighted by atomic mass is 10.1. The molecule has 0 aromatic carbocycles. The summed E-state index contributed by atoms with van der Waals surface area (Å²) in [6.07, 6.45) is 2.28. The predicted octanol–water partition coefficient (Wildman–Crippen LogP) is -0.844. The second kappa shape index (κ2) is 3.64. The third-order valence-corrected chi connectivity index (χ3v) is 2.84. The number of piperazine rings is 1. The third-order valence-electron chi connectivity index (χ3n) is 2.84. The van der Waals surface area contributed by atoms with Crippen molar-refractivity contribution in [1.82, 2.24) is 10.2 Å². The summed E-state index contributed by atoms with van der Waals surface area (Å²) in [7, 11) is 0. The number of amides is 1. The molecule has 1 saturated carbocycles. The van der Waals surface area contributed by atoms with Gasteiger partial charge in [-0.2, -0.15) is 0 Å². The standard InChI is InChI=1S/C9H17N3O/c10-8(7-1-2-7)9(13)12-5-3-11-4-6-12/h7-8,11H,1-6,10H2/t8-/m0/s1. The molecule has 1 saturated heterocycles. The highest BCUT2D eigenvalue weighted by molar-refractivity contribution is 5.82. The van der Waals surface area contributed by atoms with Gasteiger partial charge in [-0.1, -0.05) is 0 Å². The van der Waals surface area contributed by atoms with E-state index < -0.39 is 0 Å². The molecule has 4 heteroatoms. The fourth-order valence-electron chi connectivity index (χ4n) is 1.75. The zero-order valence-corrected chi connectivity index (χ0v) is 7.83. The van der Waals surface area contributed by atoms with Crippen LogP contribution in [0.15, 0.2) is 0 Å². The normalized spacial score (nSPS) is 25.8. The molecule has 2 fully saturated rings. The Morgan fingerprint density at radius 3 is 2.54 bits per heavy atom. The SMILES string of the molecule is N[C@H](C(=O)N1CCNCC1)C1CC1. The van der Waals surface area contributed by atoms with Crippen LogP contribution < -0.4 is 11.1 Å². The second-order valence-electron chi connectivity index (χ2n) is 3.94. The highest BCUT2D eigenvalue weighted by Gasteiger charge is 2.35. The smallest absolute Gasteiger partial charge is 0.239 e. The Morgan fingerprint density at radius 1 is 1.38 bits per heavy atom. The molecule has 1 atom stereocenters. The van der Waals surface area contributed by atoms with Crippen LogP contribution in [0.25, 0.3) is 0 Å². The molecule has 1 heterocycles. The van der Waals surface area contributed by atoms with Gasteiger partial charge in [0.1, 0.15) is 0 Å². The number of hydrogen-bond donors (Lipinski definition) is 2. The van der Waals surface area contributed by atoms with Crippen molar-refractivity contribution in [2.45, 2.75) is 18.9 Å². The van der Waals surface area contributed by atoms with Crippen molar-refractivity contribution in [2.75, 3.05) is 26.2 Å². The second-order valence-corrected chi connectivity index (χ2v) is 3.94. The first-order valence-corrected chi connectivity index (χ1v) is 5.04. The zero-order chi connectivity index (χ0) is 9.26. The van der Waals surface area contributed by atoms with Crippen LogP contribution in [0.4, 0.5) is 0 Å². The van der Waals surface area contributed by atoms with Crippen molar-refractivity contribution in [3.8, 4) is 0 Å². The first-order valence-electron chi connectivity index (χ1n) is 5.04. The molecule has 2 rings (SSSR count). The van der Waals surface area contributed by atoms with Crippen molar-refractivity contribution in [2.24, 2.45) is 11.7 Å². The average Bonchev–Trinajstić information content (AvgIpc) is 3.00. The van der Waals surface area contributed by atoms with Crippen LogP contribution in [-0.2, 0) is 4.79 Å². The van der Waals surface area contributed by atoms with Gasteiger partial charge >= 0.3 is 0 Å². The summed E-state index contributed by atoms with van der Waals surface area (Å²) in [5.41, 5.74) is 5.84. The monoisotopic (exact) mass is 183 g/mol. The Bertz CT molecular complexity index is 197. The Kier molecular flexibility index (Phi) is 2.51.